The summed E-state index contributed by atoms with van der Waals surface area (Å²) >= 11 is 1.29. The van der Waals surface area contributed by atoms with Gasteiger partial charge in [0.25, 0.3) is 0 Å². The van der Waals surface area contributed by atoms with Gasteiger partial charge in [0.2, 0.25) is 0 Å². The Bertz CT molecular complexity index is 606. The van der Waals surface area contributed by atoms with Gasteiger partial charge in [-0.2, -0.15) is 0 Å². The highest BCUT2D eigenvalue weighted by molar-refractivity contribution is 7.99. The molecule has 0 radical (unpaired) electrons. The molecular formula is C12H13N3O3S. The molecule has 2 rings (SSSR count). The molecule has 0 saturated carbocycles. The average Bonchev–Trinajstić information content (AvgIpc) is 2.43. The fraction of sp³-hybridized carbons (Fsp3) is 0.250. The Kier molecular flexibility index (Phi) is 4.18. The van der Waals surface area contributed by atoms with Gasteiger partial charge in [-0.1, -0.05) is 0 Å². The van der Waals surface area contributed by atoms with Gasteiger partial charge >= 0.3 is 5.97 Å². The van der Waals surface area contributed by atoms with Gasteiger partial charge in [0.1, 0.15) is 23.1 Å². The molecule has 0 aliphatic heterocycles. The first kappa shape index (κ1) is 13.6. The number of rotatable bonds is 5. The zero-order chi connectivity index (χ0) is 13.8. The summed E-state index contributed by atoms with van der Waals surface area (Å²) in [5, 5.41) is 10.3. The van der Waals surface area contributed by atoms with Gasteiger partial charge in [0, 0.05) is 11.1 Å². The number of aromatic nitrogens is 2. The Morgan fingerprint density at radius 2 is 2.32 bits per heavy atom. The smallest absolute Gasteiger partial charge is 0.321 e. The maximum absolute atomic E-state index is 10.7. The van der Waals surface area contributed by atoms with E-state index in [0.29, 0.717) is 10.8 Å². The van der Waals surface area contributed by atoms with Crippen molar-refractivity contribution < 1.29 is 14.6 Å². The van der Waals surface area contributed by atoms with E-state index < -0.39 is 12.0 Å². The Morgan fingerprint density at radius 3 is 3.00 bits per heavy atom. The van der Waals surface area contributed by atoms with E-state index in [1.54, 1.807) is 7.11 Å². The Hall–Kier alpha value is -1.86. The van der Waals surface area contributed by atoms with Crippen molar-refractivity contribution in [3.05, 3.63) is 24.5 Å². The number of carboxylic acid groups (broad SMARTS) is 1. The van der Waals surface area contributed by atoms with Gasteiger partial charge in [0.15, 0.2) is 0 Å². The molecule has 3 N–H and O–H groups in total. The molecule has 1 atom stereocenters. The number of aliphatic carboxylic acids is 1. The van der Waals surface area contributed by atoms with Crippen LogP contribution in [0.2, 0.25) is 0 Å². The third-order valence-corrected chi connectivity index (χ3v) is 3.65. The summed E-state index contributed by atoms with van der Waals surface area (Å²) in [7, 11) is 1.58. The van der Waals surface area contributed by atoms with E-state index >= 15 is 0 Å². The minimum atomic E-state index is -1.02. The second-order valence-corrected chi connectivity index (χ2v) is 4.83. The van der Waals surface area contributed by atoms with Crippen LogP contribution in [0.15, 0.2) is 29.6 Å². The second kappa shape index (κ2) is 5.85. The molecule has 100 valence electrons. The minimum Gasteiger partial charge on any atom is -0.497 e. The summed E-state index contributed by atoms with van der Waals surface area (Å²) in [4.78, 5) is 19.0. The lowest BCUT2D eigenvalue weighted by molar-refractivity contribution is -0.137. The van der Waals surface area contributed by atoms with Crippen molar-refractivity contribution in [3.63, 3.8) is 0 Å². The van der Waals surface area contributed by atoms with Crippen molar-refractivity contribution in [3.8, 4) is 5.75 Å². The quantitative estimate of drug-likeness (QED) is 0.625. The van der Waals surface area contributed by atoms with Crippen LogP contribution in [0.25, 0.3) is 10.9 Å². The molecule has 6 nitrogen and oxygen atoms in total. The summed E-state index contributed by atoms with van der Waals surface area (Å²) in [6.07, 6.45) is 1.45. The Morgan fingerprint density at radius 1 is 1.53 bits per heavy atom. The van der Waals surface area contributed by atoms with Crippen molar-refractivity contribution in [2.45, 2.75) is 11.1 Å². The zero-order valence-corrected chi connectivity index (χ0v) is 11.1. The molecule has 0 aliphatic carbocycles. The molecule has 1 heterocycles. The first-order valence-electron chi connectivity index (χ1n) is 5.51. The van der Waals surface area contributed by atoms with E-state index in [0.717, 1.165) is 10.9 Å². The van der Waals surface area contributed by atoms with E-state index in [2.05, 4.69) is 9.97 Å². The highest BCUT2D eigenvalue weighted by Crippen LogP contribution is 2.27. The summed E-state index contributed by atoms with van der Waals surface area (Å²) in [6.45, 7) is 0. The first-order chi connectivity index (χ1) is 9.11. The van der Waals surface area contributed by atoms with E-state index in [1.165, 1.54) is 18.1 Å². The SMILES string of the molecule is COc1ccc2ncnc(SCC(N)C(=O)O)c2c1. The van der Waals surface area contributed by atoms with Crippen molar-refractivity contribution in [2.75, 3.05) is 12.9 Å². The molecule has 7 heteroatoms. The monoisotopic (exact) mass is 279 g/mol. The van der Waals surface area contributed by atoms with E-state index in [1.807, 2.05) is 18.2 Å². The van der Waals surface area contributed by atoms with Crippen LogP contribution >= 0.6 is 11.8 Å². The van der Waals surface area contributed by atoms with Crippen LogP contribution in [-0.4, -0.2) is 39.9 Å². The molecule has 19 heavy (non-hydrogen) atoms. The number of thioether (sulfide) groups is 1. The molecule has 0 fully saturated rings. The standard InChI is InChI=1S/C12H13N3O3S/c1-18-7-2-3-10-8(4-7)11(15-6-14-10)19-5-9(13)12(16)17/h2-4,6,9H,5,13H2,1H3,(H,16,17). The third-order valence-electron chi connectivity index (χ3n) is 2.52. The van der Waals surface area contributed by atoms with E-state index in [9.17, 15) is 4.79 Å². The molecular weight excluding hydrogens is 266 g/mol. The molecule has 0 spiro atoms. The van der Waals surface area contributed by atoms with Gasteiger partial charge in [-0.15, -0.1) is 11.8 Å². The van der Waals surface area contributed by atoms with E-state index in [-0.39, 0.29) is 5.75 Å². The molecule has 0 aliphatic rings. The molecule has 0 amide bonds. The van der Waals surface area contributed by atoms with Gasteiger partial charge < -0.3 is 15.6 Å². The normalized spacial score (nSPS) is 12.3. The third kappa shape index (κ3) is 3.12. The number of nitrogens with two attached hydrogens (primary N) is 1. The molecule has 1 aromatic carbocycles. The van der Waals surface area contributed by atoms with Crippen LogP contribution in [0.1, 0.15) is 0 Å². The van der Waals surface area contributed by atoms with Gasteiger partial charge in [-0.3, -0.25) is 4.79 Å². The van der Waals surface area contributed by atoms with Crippen LogP contribution < -0.4 is 10.5 Å². The largest absolute Gasteiger partial charge is 0.497 e. The molecule has 0 bridgehead atoms. The summed E-state index contributed by atoms with van der Waals surface area (Å²) in [5.74, 6) is -0.0753. The van der Waals surface area contributed by atoms with E-state index in [4.69, 9.17) is 15.6 Å². The van der Waals surface area contributed by atoms with Gasteiger partial charge in [-0.25, -0.2) is 9.97 Å². The molecule has 2 aromatic rings. The van der Waals surface area contributed by atoms with Crippen LogP contribution in [0.3, 0.4) is 0 Å². The van der Waals surface area contributed by atoms with Crippen LogP contribution in [0.5, 0.6) is 5.75 Å². The maximum Gasteiger partial charge on any atom is 0.321 e. The number of fused-ring (bicyclic) bond motifs is 1. The molecule has 1 aromatic heterocycles. The number of methoxy groups -OCH3 is 1. The first-order valence-corrected chi connectivity index (χ1v) is 6.50. The highest BCUT2D eigenvalue weighted by Gasteiger charge is 2.13. The predicted molar refractivity (Wildman–Crippen MR) is 72.4 cm³/mol. The van der Waals surface area contributed by atoms with Crippen LogP contribution in [0, 0.1) is 0 Å². The van der Waals surface area contributed by atoms with Crippen LogP contribution in [-0.2, 0) is 4.79 Å². The van der Waals surface area contributed by atoms with Crippen molar-refractivity contribution in [2.24, 2.45) is 5.73 Å². The number of carbonyl (C=O) groups is 1. The number of hydrogen-bond acceptors (Lipinski definition) is 6. The number of nitrogens with zero attached hydrogens (tertiary/aromatic N) is 2. The lowest BCUT2D eigenvalue weighted by atomic mass is 10.2. The summed E-state index contributed by atoms with van der Waals surface area (Å²) in [5.41, 5.74) is 6.26. The molecule has 1 unspecified atom stereocenters. The van der Waals surface area contributed by atoms with Crippen LogP contribution in [0.4, 0.5) is 0 Å². The van der Waals surface area contributed by atoms with Gasteiger partial charge in [-0.05, 0) is 18.2 Å². The summed E-state index contributed by atoms with van der Waals surface area (Å²) < 4.78 is 5.16. The minimum absolute atomic E-state index is 0.249. The Balaban J connectivity index is 2.29. The number of hydrogen-bond donors (Lipinski definition) is 2. The number of ether oxygens (including phenoxy) is 1. The molecule has 0 saturated heterocycles. The fourth-order valence-electron chi connectivity index (χ4n) is 1.49. The lowest BCUT2D eigenvalue weighted by Crippen LogP contribution is -2.32. The summed E-state index contributed by atoms with van der Waals surface area (Å²) in [6, 6.07) is 4.55. The van der Waals surface area contributed by atoms with Gasteiger partial charge in [0.05, 0.1) is 12.6 Å². The number of carboxylic acids is 1. The average molecular weight is 279 g/mol. The number of benzene rings is 1. The topological polar surface area (TPSA) is 98.3 Å². The second-order valence-electron chi connectivity index (χ2n) is 3.82. The van der Waals surface area contributed by atoms with Crippen molar-refractivity contribution >= 4 is 28.6 Å². The lowest BCUT2D eigenvalue weighted by Gasteiger charge is -2.08. The van der Waals surface area contributed by atoms with Crippen molar-refractivity contribution in [1.82, 2.24) is 9.97 Å². The highest BCUT2D eigenvalue weighted by atomic mass is 32.2. The maximum atomic E-state index is 10.7. The predicted octanol–water partition coefficient (Wildman–Crippen LogP) is 1.14. The van der Waals surface area contributed by atoms with Crippen molar-refractivity contribution in [1.29, 1.82) is 0 Å². The Labute approximate surface area is 114 Å². The fourth-order valence-corrected chi connectivity index (χ4v) is 2.41. The zero-order valence-electron chi connectivity index (χ0n) is 10.2.